The molecule has 1 amide bonds. The van der Waals surface area contributed by atoms with Gasteiger partial charge >= 0.3 is 6.36 Å². The number of aliphatic hydroxyl groups is 1. The molecule has 0 bridgehead atoms. The molecule has 1 saturated heterocycles. The van der Waals surface area contributed by atoms with Crippen molar-refractivity contribution in [2.75, 3.05) is 25.0 Å². The van der Waals surface area contributed by atoms with E-state index in [1.165, 1.54) is 6.33 Å². The largest absolute Gasteiger partial charge is 0.519 e. The van der Waals surface area contributed by atoms with Gasteiger partial charge in [-0.2, -0.15) is 5.10 Å². The number of halogens is 3. The van der Waals surface area contributed by atoms with Crippen LogP contribution in [0.2, 0.25) is 0 Å². The molecule has 0 aromatic carbocycles. The van der Waals surface area contributed by atoms with Crippen LogP contribution in [0.4, 0.5) is 19.0 Å². The normalized spacial score (nSPS) is 13.2. The molecule has 0 saturated carbocycles. The Morgan fingerprint density at radius 2 is 1.92 bits per heavy atom. The van der Waals surface area contributed by atoms with Gasteiger partial charge in [-0.15, -0.1) is 13.2 Å². The van der Waals surface area contributed by atoms with E-state index in [1.54, 1.807) is 10.9 Å². The lowest BCUT2D eigenvalue weighted by Gasteiger charge is -2.30. The molecule has 3 rings (SSSR count). The first-order valence-electron chi connectivity index (χ1n) is 7.69. The standard InChI is InChI=1S/C11H14N6O.C2H6.CHF3O/c1-16-11-8(5-15-16)10(13-7-14-11)12-6-9(18)17-3-2-4-17;1-2;2-1(3,4)5/h5,7H,2-4,6H2,1H3,(H,12,13,14);1-2H3;5H. The molecular weight excluding hydrogens is 341 g/mol. The Balaban J connectivity index is 0.000000388. The fourth-order valence-corrected chi connectivity index (χ4v) is 1.94. The van der Waals surface area contributed by atoms with Crippen LogP contribution in [0.25, 0.3) is 11.0 Å². The maximum absolute atomic E-state index is 11.7. The number of nitrogens with one attached hydrogen (secondary N) is 1. The molecule has 25 heavy (non-hydrogen) atoms. The Kier molecular flexibility index (Phi) is 7.55. The van der Waals surface area contributed by atoms with Gasteiger partial charge in [0.25, 0.3) is 0 Å². The zero-order valence-corrected chi connectivity index (χ0v) is 14.2. The average molecular weight is 362 g/mol. The summed E-state index contributed by atoms with van der Waals surface area (Å²) in [5.74, 6) is 0.763. The number of carbonyl (C=O) groups is 1. The maximum atomic E-state index is 11.7. The van der Waals surface area contributed by atoms with Crippen LogP contribution in [-0.4, -0.2) is 61.7 Å². The van der Waals surface area contributed by atoms with E-state index < -0.39 is 6.36 Å². The molecule has 140 valence electrons. The molecule has 8 nitrogen and oxygen atoms in total. The Hall–Kier alpha value is -2.43. The highest BCUT2D eigenvalue weighted by atomic mass is 19.4. The van der Waals surface area contributed by atoms with E-state index in [-0.39, 0.29) is 12.5 Å². The molecule has 0 radical (unpaired) electrons. The highest BCUT2D eigenvalue weighted by molar-refractivity contribution is 5.88. The number of alkyl halides is 3. The molecular formula is C14H21F3N6O2. The molecule has 0 atom stereocenters. The van der Waals surface area contributed by atoms with Crippen LogP contribution in [0, 0.1) is 0 Å². The number of anilines is 1. The number of fused-ring (bicyclic) bond motifs is 1. The van der Waals surface area contributed by atoms with Gasteiger partial charge in [0.05, 0.1) is 18.1 Å². The minimum absolute atomic E-state index is 0.108. The van der Waals surface area contributed by atoms with Crippen molar-refractivity contribution in [1.82, 2.24) is 24.6 Å². The zero-order valence-electron chi connectivity index (χ0n) is 14.2. The molecule has 0 spiro atoms. The number of carbonyl (C=O) groups excluding carboxylic acids is 1. The third-order valence-corrected chi connectivity index (χ3v) is 3.15. The minimum Gasteiger partial charge on any atom is -0.360 e. The quantitative estimate of drug-likeness (QED) is 0.860. The van der Waals surface area contributed by atoms with Crippen molar-refractivity contribution in [3.05, 3.63) is 12.5 Å². The molecule has 2 N–H and O–H groups in total. The molecule has 1 aliphatic rings. The Morgan fingerprint density at radius 1 is 1.32 bits per heavy atom. The van der Waals surface area contributed by atoms with Gasteiger partial charge in [0.2, 0.25) is 5.91 Å². The predicted molar refractivity (Wildman–Crippen MR) is 85.6 cm³/mol. The lowest BCUT2D eigenvalue weighted by atomic mass is 10.2. The van der Waals surface area contributed by atoms with Crippen LogP contribution in [-0.2, 0) is 11.8 Å². The lowest BCUT2D eigenvalue weighted by molar-refractivity contribution is -0.295. The number of aryl methyl sites for hydroxylation is 1. The maximum Gasteiger partial charge on any atom is 0.519 e. The van der Waals surface area contributed by atoms with E-state index in [9.17, 15) is 18.0 Å². The van der Waals surface area contributed by atoms with Crippen LogP contribution in [0.1, 0.15) is 20.3 Å². The van der Waals surface area contributed by atoms with Crippen molar-refractivity contribution in [3.8, 4) is 0 Å². The van der Waals surface area contributed by atoms with Gasteiger partial charge in [0, 0.05) is 20.1 Å². The van der Waals surface area contributed by atoms with E-state index in [2.05, 4.69) is 20.4 Å². The molecule has 11 heteroatoms. The second kappa shape index (κ2) is 9.16. The summed E-state index contributed by atoms with van der Waals surface area (Å²) in [5.41, 5.74) is 0.754. The number of rotatable bonds is 3. The summed E-state index contributed by atoms with van der Waals surface area (Å²) >= 11 is 0. The monoisotopic (exact) mass is 362 g/mol. The first-order valence-corrected chi connectivity index (χ1v) is 7.69. The van der Waals surface area contributed by atoms with Gasteiger partial charge in [-0.3, -0.25) is 9.48 Å². The van der Waals surface area contributed by atoms with Crippen molar-refractivity contribution >= 4 is 22.8 Å². The summed E-state index contributed by atoms with van der Waals surface area (Å²) < 4.78 is 31.4. The molecule has 2 aromatic rings. The lowest BCUT2D eigenvalue weighted by Crippen LogP contribution is -2.44. The van der Waals surface area contributed by atoms with Gasteiger partial charge in [0.15, 0.2) is 5.65 Å². The third kappa shape index (κ3) is 6.53. The zero-order chi connectivity index (χ0) is 19.0. The fourth-order valence-electron chi connectivity index (χ4n) is 1.94. The van der Waals surface area contributed by atoms with E-state index >= 15 is 0 Å². The highest BCUT2D eigenvalue weighted by Crippen LogP contribution is 2.17. The van der Waals surface area contributed by atoms with Crippen molar-refractivity contribution in [2.24, 2.45) is 7.05 Å². The number of likely N-dealkylation sites (tertiary alicyclic amines) is 1. The van der Waals surface area contributed by atoms with Crippen LogP contribution < -0.4 is 5.32 Å². The first-order chi connectivity index (χ1) is 11.8. The molecule has 0 aliphatic carbocycles. The Morgan fingerprint density at radius 3 is 2.44 bits per heavy atom. The summed E-state index contributed by atoms with van der Waals surface area (Å²) in [6.45, 7) is 6.00. The van der Waals surface area contributed by atoms with Gasteiger partial charge in [0.1, 0.15) is 12.1 Å². The van der Waals surface area contributed by atoms with Gasteiger partial charge in [-0.1, -0.05) is 13.8 Å². The number of hydrogen-bond acceptors (Lipinski definition) is 6. The van der Waals surface area contributed by atoms with Crippen LogP contribution in [0.15, 0.2) is 12.5 Å². The van der Waals surface area contributed by atoms with E-state index in [1.807, 2.05) is 25.8 Å². The van der Waals surface area contributed by atoms with Crippen molar-refractivity contribution in [1.29, 1.82) is 0 Å². The number of amides is 1. The summed E-state index contributed by atoms with van der Waals surface area (Å²) in [6, 6.07) is 0. The van der Waals surface area contributed by atoms with E-state index in [4.69, 9.17) is 5.11 Å². The first kappa shape index (κ1) is 20.6. The molecule has 3 heterocycles. The third-order valence-electron chi connectivity index (χ3n) is 3.15. The van der Waals surface area contributed by atoms with Crippen molar-refractivity contribution in [2.45, 2.75) is 26.6 Å². The molecule has 2 aromatic heterocycles. The molecule has 1 fully saturated rings. The van der Waals surface area contributed by atoms with Gasteiger partial charge in [-0.05, 0) is 6.42 Å². The minimum atomic E-state index is -5.00. The molecule has 1 aliphatic heterocycles. The predicted octanol–water partition coefficient (Wildman–Crippen LogP) is 1.53. The fraction of sp³-hybridized carbons (Fsp3) is 0.571. The summed E-state index contributed by atoms with van der Waals surface area (Å²) in [7, 11) is 1.82. The SMILES string of the molecule is CC.Cn1ncc2c(NCC(=O)N3CCC3)ncnc21.OC(F)(F)F. The summed E-state index contributed by atoms with van der Waals surface area (Å²) in [4.78, 5) is 21.9. The summed E-state index contributed by atoms with van der Waals surface area (Å²) in [5, 5.41) is 14.5. The molecule has 0 unspecified atom stereocenters. The summed E-state index contributed by atoms with van der Waals surface area (Å²) in [6.07, 6.45) is -0.724. The van der Waals surface area contributed by atoms with Crippen molar-refractivity contribution < 1.29 is 23.1 Å². The number of nitrogens with zero attached hydrogens (tertiary/aromatic N) is 5. The van der Waals surface area contributed by atoms with Crippen LogP contribution >= 0.6 is 0 Å². The smallest absolute Gasteiger partial charge is 0.360 e. The topological polar surface area (TPSA) is 96.2 Å². The number of hydrogen-bond donors (Lipinski definition) is 2. The Bertz CT molecular complexity index is 679. The Labute approximate surface area is 142 Å². The second-order valence-corrected chi connectivity index (χ2v) is 4.78. The van der Waals surface area contributed by atoms with Crippen molar-refractivity contribution in [3.63, 3.8) is 0 Å². The van der Waals surface area contributed by atoms with Crippen LogP contribution in [0.3, 0.4) is 0 Å². The average Bonchev–Trinajstić information content (AvgIpc) is 2.86. The van der Waals surface area contributed by atoms with Crippen LogP contribution in [0.5, 0.6) is 0 Å². The van der Waals surface area contributed by atoms with E-state index in [0.29, 0.717) is 5.82 Å². The highest BCUT2D eigenvalue weighted by Gasteiger charge is 2.21. The second-order valence-electron chi connectivity index (χ2n) is 4.78. The van der Waals surface area contributed by atoms with Gasteiger partial charge in [-0.25, -0.2) is 9.97 Å². The van der Waals surface area contributed by atoms with E-state index in [0.717, 1.165) is 30.5 Å². The number of aromatic nitrogens is 4. The van der Waals surface area contributed by atoms with Gasteiger partial charge < -0.3 is 15.3 Å².